The molecule has 0 radical (unpaired) electrons. The molecule has 2 aromatic heterocycles. The number of hydrogen-bond donors (Lipinski definition) is 2. The SMILES string of the molecule is CC(C)(O)CN1CCN(c2ccc(Nc3ncc4cccc(-c5ccccc5)c4n3)nc2)CC1. The van der Waals surface area contributed by atoms with Gasteiger partial charge in [-0.15, -0.1) is 0 Å². The van der Waals surface area contributed by atoms with E-state index in [-0.39, 0.29) is 0 Å². The van der Waals surface area contributed by atoms with E-state index in [4.69, 9.17) is 4.98 Å². The number of aromatic nitrogens is 3. The highest BCUT2D eigenvalue weighted by molar-refractivity contribution is 5.93. The van der Waals surface area contributed by atoms with Crippen molar-refractivity contribution in [2.24, 2.45) is 0 Å². The van der Waals surface area contributed by atoms with Gasteiger partial charge in [-0.25, -0.2) is 15.0 Å². The number of rotatable bonds is 6. The first-order chi connectivity index (χ1) is 16.4. The molecule has 0 atom stereocenters. The van der Waals surface area contributed by atoms with Gasteiger partial charge in [-0.05, 0) is 31.5 Å². The van der Waals surface area contributed by atoms with Crippen molar-refractivity contribution in [3.8, 4) is 11.1 Å². The molecule has 5 rings (SSSR count). The van der Waals surface area contributed by atoms with Gasteiger partial charge in [-0.3, -0.25) is 4.90 Å². The summed E-state index contributed by atoms with van der Waals surface area (Å²) < 4.78 is 0. The zero-order chi connectivity index (χ0) is 23.5. The van der Waals surface area contributed by atoms with E-state index in [9.17, 15) is 5.11 Å². The maximum atomic E-state index is 10.1. The largest absolute Gasteiger partial charge is 0.389 e. The lowest BCUT2D eigenvalue weighted by atomic mass is 10.0. The second-order valence-electron chi connectivity index (χ2n) is 9.41. The van der Waals surface area contributed by atoms with Crippen LogP contribution in [0.4, 0.5) is 17.5 Å². The Hall–Kier alpha value is -3.55. The quantitative estimate of drug-likeness (QED) is 0.449. The Labute approximate surface area is 200 Å². The average Bonchev–Trinajstić information content (AvgIpc) is 2.84. The van der Waals surface area contributed by atoms with E-state index < -0.39 is 5.60 Å². The molecule has 7 nitrogen and oxygen atoms in total. The molecule has 4 aromatic rings. The molecular formula is C27H30N6O. The van der Waals surface area contributed by atoms with Gasteiger partial charge in [0.15, 0.2) is 0 Å². The van der Waals surface area contributed by atoms with Crippen molar-refractivity contribution in [1.29, 1.82) is 0 Å². The third-order valence-corrected chi connectivity index (χ3v) is 6.03. The summed E-state index contributed by atoms with van der Waals surface area (Å²) in [4.78, 5) is 18.5. The van der Waals surface area contributed by atoms with E-state index in [1.165, 1.54) is 0 Å². The maximum Gasteiger partial charge on any atom is 0.228 e. The van der Waals surface area contributed by atoms with Gasteiger partial charge >= 0.3 is 0 Å². The number of nitrogens with zero attached hydrogens (tertiary/aromatic N) is 5. The van der Waals surface area contributed by atoms with Crippen molar-refractivity contribution < 1.29 is 5.11 Å². The van der Waals surface area contributed by atoms with Crippen molar-refractivity contribution in [2.75, 3.05) is 42.9 Å². The minimum atomic E-state index is -0.663. The zero-order valence-corrected chi connectivity index (χ0v) is 19.6. The van der Waals surface area contributed by atoms with E-state index in [2.05, 4.69) is 49.4 Å². The zero-order valence-electron chi connectivity index (χ0n) is 19.6. The Morgan fingerprint density at radius 2 is 1.68 bits per heavy atom. The Kier molecular flexibility index (Phi) is 6.13. The van der Waals surface area contributed by atoms with Crippen LogP contribution in [0.1, 0.15) is 13.8 Å². The summed E-state index contributed by atoms with van der Waals surface area (Å²) >= 11 is 0. The first-order valence-electron chi connectivity index (χ1n) is 11.7. The molecule has 1 aliphatic heterocycles. The molecule has 3 heterocycles. The molecule has 0 saturated carbocycles. The molecule has 2 aromatic carbocycles. The number of fused-ring (bicyclic) bond motifs is 1. The van der Waals surface area contributed by atoms with Crippen LogP contribution < -0.4 is 10.2 Å². The van der Waals surface area contributed by atoms with E-state index in [0.29, 0.717) is 18.3 Å². The molecule has 0 spiro atoms. The van der Waals surface area contributed by atoms with Crippen LogP contribution in [0, 0.1) is 0 Å². The molecule has 0 aliphatic carbocycles. The molecule has 7 heteroatoms. The summed E-state index contributed by atoms with van der Waals surface area (Å²) in [7, 11) is 0. The molecule has 2 N–H and O–H groups in total. The number of hydrogen-bond acceptors (Lipinski definition) is 7. The Balaban J connectivity index is 1.29. The van der Waals surface area contributed by atoms with Crippen molar-refractivity contribution in [3.63, 3.8) is 0 Å². The van der Waals surface area contributed by atoms with E-state index >= 15 is 0 Å². The van der Waals surface area contributed by atoms with Gasteiger partial charge in [0.2, 0.25) is 5.95 Å². The van der Waals surface area contributed by atoms with Crippen LogP contribution in [-0.2, 0) is 0 Å². The second-order valence-corrected chi connectivity index (χ2v) is 9.41. The number of pyridine rings is 1. The summed E-state index contributed by atoms with van der Waals surface area (Å²) in [6.45, 7) is 8.10. The second kappa shape index (κ2) is 9.37. The number of aliphatic hydroxyl groups is 1. The molecule has 1 aliphatic rings. The van der Waals surface area contributed by atoms with Crippen molar-refractivity contribution in [3.05, 3.63) is 73.1 Å². The third-order valence-electron chi connectivity index (χ3n) is 6.03. The first kappa shape index (κ1) is 22.3. The summed E-state index contributed by atoms with van der Waals surface area (Å²) in [5, 5.41) is 14.3. The number of para-hydroxylation sites is 1. The molecule has 0 amide bonds. The molecule has 0 bridgehead atoms. The monoisotopic (exact) mass is 454 g/mol. The predicted octanol–water partition coefficient (Wildman–Crippen LogP) is 4.33. The molecule has 1 saturated heterocycles. The minimum Gasteiger partial charge on any atom is -0.389 e. The molecule has 0 unspecified atom stereocenters. The van der Waals surface area contributed by atoms with E-state index in [0.717, 1.165) is 53.9 Å². The predicted molar refractivity (Wildman–Crippen MR) is 137 cm³/mol. The van der Waals surface area contributed by atoms with Gasteiger partial charge in [0.05, 0.1) is 23.0 Å². The summed E-state index contributed by atoms with van der Waals surface area (Å²) in [6, 6.07) is 20.5. The first-order valence-corrected chi connectivity index (χ1v) is 11.7. The van der Waals surface area contributed by atoms with Gasteiger partial charge in [-0.2, -0.15) is 0 Å². The average molecular weight is 455 g/mol. The summed E-state index contributed by atoms with van der Waals surface area (Å²) in [5.41, 5.74) is 3.55. The fourth-order valence-corrected chi connectivity index (χ4v) is 4.44. The van der Waals surface area contributed by atoms with Crippen LogP contribution in [0.15, 0.2) is 73.1 Å². The van der Waals surface area contributed by atoms with E-state index in [1.807, 2.05) is 62.6 Å². The highest BCUT2D eigenvalue weighted by Gasteiger charge is 2.23. The van der Waals surface area contributed by atoms with E-state index in [1.54, 1.807) is 0 Å². The normalized spacial score (nSPS) is 15.0. The van der Waals surface area contributed by atoms with Gasteiger partial charge < -0.3 is 15.3 Å². The highest BCUT2D eigenvalue weighted by atomic mass is 16.3. The third kappa shape index (κ3) is 5.16. The van der Waals surface area contributed by atoms with Crippen LogP contribution in [0.25, 0.3) is 22.0 Å². The van der Waals surface area contributed by atoms with Gasteiger partial charge in [0, 0.05) is 49.9 Å². The van der Waals surface area contributed by atoms with Crippen LogP contribution in [0.2, 0.25) is 0 Å². The smallest absolute Gasteiger partial charge is 0.228 e. The number of anilines is 3. The Morgan fingerprint density at radius 3 is 2.38 bits per heavy atom. The lowest BCUT2D eigenvalue weighted by Gasteiger charge is -2.38. The van der Waals surface area contributed by atoms with Crippen molar-refractivity contribution in [2.45, 2.75) is 19.4 Å². The fourth-order valence-electron chi connectivity index (χ4n) is 4.44. The summed E-state index contributed by atoms with van der Waals surface area (Å²) in [5.74, 6) is 1.23. The number of benzene rings is 2. The number of nitrogens with one attached hydrogen (secondary N) is 1. The van der Waals surface area contributed by atoms with Crippen LogP contribution in [0.3, 0.4) is 0 Å². The lowest BCUT2D eigenvalue weighted by Crippen LogP contribution is -2.50. The van der Waals surface area contributed by atoms with Gasteiger partial charge in [0.25, 0.3) is 0 Å². The Bertz CT molecular complexity index is 1250. The molecule has 34 heavy (non-hydrogen) atoms. The maximum absolute atomic E-state index is 10.1. The van der Waals surface area contributed by atoms with Crippen LogP contribution in [-0.4, -0.2) is 63.3 Å². The molecular weight excluding hydrogens is 424 g/mol. The topological polar surface area (TPSA) is 77.4 Å². The number of piperazine rings is 1. The van der Waals surface area contributed by atoms with Crippen LogP contribution >= 0.6 is 0 Å². The standard InChI is InChI=1S/C27H30N6O/c1-27(2,34)19-32-13-15-33(16-14-32)22-11-12-24(28-18-22)30-26-29-17-21-9-6-10-23(25(21)31-26)20-7-4-3-5-8-20/h3-12,17-18,34H,13-16,19H2,1-2H3,(H,28,29,30,31). The highest BCUT2D eigenvalue weighted by Crippen LogP contribution is 2.28. The van der Waals surface area contributed by atoms with Gasteiger partial charge in [0.1, 0.15) is 5.82 Å². The molecule has 174 valence electrons. The molecule has 1 fully saturated rings. The summed E-state index contributed by atoms with van der Waals surface area (Å²) in [6.07, 6.45) is 3.74. The van der Waals surface area contributed by atoms with Crippen molar-refractivity contribution in [1.82, 2.24) is 19.9 Å². The fraction of sp³-hybridized carbons (Fsp3) is 0.296. The van der Waals surface area contributed by atoms with Gasteiger partial charge in [-0.1, -0.05) is 48.5 Å². The lowest BCUT2D eigenvalue weighted by molar-refractivity contribution is 0.0345. The Morgan fingerprint density at radius 1 is 0.882 bits per heavy atom. The number of β-amino-alcohol motifs (C(OH)–C–C–N with tert-alkyl or cyclic N) is 1. The minimum absolute atomic E-state index is 0.524. The van der Waals surface area contributed by atoms with Crippen molar-refractivity contribution >= 4 is 28.4 Å². The van der Waals surface area contributed by atoms with Crippen LogP contribution in [0.5, 0.6) is 0 Å².